The Hall–Kier alpha value is -4.47. The van der Waals surface area contributed by atoms with Crippen molar-refractivity contribution < 1.29 is 28.2 Å². The lowest BCUT2D eigenvalue weighted by Gasteiger charge is -2.19. The zero-order chi connectivity index (χ0) is 30.1. The fourth-order valence-electron chi connectivity index (χ4n) is 5.35. The first-order valence-corrected chi connectivity index (χ1v) is 14.2. The minimum atomic E-state index is -0.363. The van der Waals surface area contributed by atoms with Gasteiger partial charge in [0.25, 0.3) is 0 Å². The maximum absolute atomic E-state index is 13.4. The van der Waals surface area contributed by atoms with Crippen molar-refractivity contribution in [2.24, 2.45) is 0 Å². The number of hydrogen-bond acceptors (Lipinski definition) is 8. The number of amides is 2. The Bertz CT molecular complexity index is 1450. The predicted molar refractivity (Wildman–Crippen MR) is 160 cm³/mol. The second-order valence-electron chi connectivity index (χ2n) is 10.2. The zero-order valence-corrected chi connectivity index (χ0v) is 24.6. The molecule has 0 bridgehead atoms. The minimum absolute atomic E-state index is 0.0172. The maximum Gasteiger partial charge on any atom is 0.220 e. The number of aryl methyl sites for hydroxylation is 1. The van der Waals surface area contributed by atoms with Crippen LogP contribution in [0.15, 0.2) is 51.9 Å². The number of ether oxygens (including phenoxy) is 3. The Kier molecular flexibility index (Phi) is 10.5. The number of fused-ring (bicyclic) bond motifs is 3. The summed E-state index contributed by atoms with van der Waals surface area (Å²) in [6, 6.07) is 10.5. The van der Waals surface area contributed by atoms with E-state index in [4.69, 9.17) is 18.6 Å². The Morgan fingerprint density at radius 1 is 1.00 bits per heavy atom. The molecule has 3 N–H and O–H groups in total. The number of carbonyl (C=O) groups is 2. The van der Waals surface area contributed by atoms with Gasteiger partial charge in [-0.05, 0) is 72.7 Å². The van der Waals surface area contributed by atoms with E-state index in [-0.39, 0.29) is 23.3 Å². The van der Waals surface area contributed by atoms with Crippen molar-refractivity contribution in [3.8, 4) is 28.4 Å². The van der Waals surface area contributed by atoms with E-state index in [0.717, 1.165) is 41.7 Å². The predicted octanol–water partition coefficient (Wildman–Crippen LogP) is 4.74. The summed E-state index contributed by atoms with van der Waals surface area (Å²) < 4.78 is 22.3. The third kappa shape index (κ3) is 7.23. The summed E-state index contributed by atoms with van der Waals surface area (Å²) in [5, 5.41) is 9.13. The number of hydrogen-bond donors (Lipinski definition) is 3. The van der Waals surface area contributed by atoms with Gasteiger partial charge in [-0.25, -0.2) is 0 Å². The van der Waals surface area contributed by atoms with Crippen molar-refractivity contribution in [3.63, 3.8) is 0 Å². The van der Waals surface area contributed by atoms with E-state index in [2.05, 4.69) is 16.0 Å². The van der Waals surface area contributed by atoms with Crippen LogP contribution in [-0.4, -0.2) is 39.7 Å². The van der Waals surface area contributed by atoms with E-state index in [9.17, 15) is 14.4 Å². The summed E-state index contributed by atoms with van der Waals surface area (Å²) in [4.78, 5) is 37.6. The number of methoxy groups -OCH3 is 3. The quantitative estimate of drug-likeness (QED) is 0.249. The molecule has 1 aromatic heterocycles. The van der Waals surface area contributed by atoms with E-state index in [1.165, 1.54) is 6.92 Å². The monoisotopic (exact) mass is 577 g/mol. The van der Waals surface area contributed by atoms with Gasteiger partial charge in [-0.2, -0.15) is 0 Å². The standard InChI is InChI=1S/C32H39N3O7/c1-20(36)35-25-13-11-21-17-28(39-2)31(40-3)32(41-4)30(21)23-12-14-26(27(37)18-24(23)25)33-15-7-5-6-10-29(38)34-19-22-9-8-16-42-22/h8-9,12,14,16-18,25H,5-7,10-11,13,15,19H2,1-4H3,(H,33,37)(H,34,38)(H,35,36)/t25-/m1/s1. The van der Waals surface area contributed by atoms with Gasteiger partial charge in [-0.3, -0.25) is 14.4 Å². The zero-order valence-electron chi connectivity index (χ0n) is 24.6. The Labute approximate surface area is 245 Å². The second kappa shape index (κ2) is 14.4. The Morgan fingerprint density at radius 2 is 1.81 bits per heavy atom. The molecule has 0 saturated heterocycles. The molecule has 1 aliphatic rings. The lowest BCUT2D eigenvalue weighted by atomic mass is 9.95. The number of benzene rings is 1. The largest absolute Gasteiger partial charge is 0.493 e. The number of carbonyl (C=O) groups excluding carboxylic acids is 2. The molecule has 1 aliphatic carbocycles. The van der Waals surface area contributed by atoms with Crippen LogP contribution in [0, 0.1) is 0 Å². The molecule has 1 atom stereocenters. The van der Waals surface area contributed by atoms with E-state index < -0.39 is 0 Å². The molecule has 10 heteroatoms. The van der Waals surface area contributed by atoms with Crippen molar-refractivity contribution in [2.75, 3.05) is 33.2 Å². The summed E-state index contributed by atoms with van der Waals surface area (Å²) in [7, 11) is 4.71. The van der Waals surface area contributed by atoms with Crippen LogP contribution in [0.5, 0.6) is 17.2 Å². The number of anilines is 1. The summed E-state index contributed by atoms with van der Waals surface area (Å²) in [5.41, 5.74) is 3.57. The molecule has 0 aliphatic heterocycles. The fourth-order valence-corrected chi connectivity index (χ4v) is 5.35. The number of unbranched alkanes of at least 4 members (excludes halogenated alkanes) is 2. The van der Waals surface area contributed by atoms with Crippen LogP contribution in [0.25, 0.3) is 11.1 Å². The van der Waals surface area contributed by atoms with E-state index in [0.29, 0.717) is 60.9 Å². The molecular formula is C32H39N3O7. The van der Waals surface area contributed by atoms with Crippen LogP contribution in [0.3, 0.4) is 0 Å². The van der Waals surface area contributed by atoms with Crippen LogP contribution in [-0.2, 0) is 22.6 Å². The molecule has 2 aromatic carbocycles. The van der Waals surface area contributed by atoms with Gasteiger partial charge >= 0.3 is 0 Å². The normalized spacial score (nSPS) is 13.7. The van der Waals surface area contributed by atoms with Crippen molar-refractivity contribution in [3.05, 3.63) is 69.8 Å². The maximum atomic E-state index is 13.4. The molecule has 0 saturated carbocycles. The van der Waals surface area contributed by atoms with Gasteiger partial charge in [0.1, 0.15) is 5.76 Å². The van der Waals surface area contributed by atoms with Crippen LogP contribution < -0.4 is 35.6 Å². The average Bonchev–Trinajstić information content (AvgIpc) is 3.40. The molecule has 4 rings (SSSR count). The number of furan rings is 1. The molecule has 2 amide bonds. The average molecular weight is 578 g/mol. The van der Waals surface area contributed by atoms with Gasteiger partial charge in [-0.15, -0.1) is 0 Å². The van der Waals surface area contributed by atoms with Gasteiger partial charge in [0, 0.05) is 25.5 Å². The third-order valence-corrected chi connectivity index (χ3v) is 7.35. The number of nitrogens with one attached hydrogen (secondary N) is 3. The van der Waals surface area contributed by atoms with Gasteiger partial charge in [-0.1, -0.05) is 12.5 Å². The molecular weight excluding hydrogens is 538 g/mol. The van der Waals surface area contributed by atoms with Gasteiger partial charge in [0.2, 0.25) is 23.0 Å². The first kappa shape index (κ1) is 30.5. The molecule has 0 spiro atoms. The molecule has 42 heavy (non-hydrogen) atoms. The summed E-state index contributed by atoms with van der Waals surface area (Å²) in [6.45, 7) is 2.44. The first-order valence-electron chi connectivity index (χ1n) is 14.2. The summed E-state index contributed by atoms with van der Waals surface area (Å²) >= 11 is 0. The highest BCUT2D eigenvalue weighted by Gasteiger charge is 2.29. The highest BCUT2D eigenvalue weighted by Crippen LogP contribution is 2.50. The topological polar surface area (TPSA) is 128 Å². The summed E-state index contributed by atoms with van der Waals surface area (Å²) in [6.07, 6.45) is 5.62. The molecule has 10 nitrogen and oxygen atoms in total. The Morgan fingerprint density at radius 3 is 2.50 bits per heavy atom. The minimum Gasteiger partial charge on any atom is -0.493 e. The Balaban J connectivity index is 1.51. The van der Waals surface area contributed by atoms with Crippen molar-refractivity contribution in [1.29, 1.82) is 0 Å². The van der Waals surface area contributed by atoms with Crippen LogP contribution in [0.4, 0.5) is 5.69 Å². The molecule has 0 fully saturated rings. The smallest absolute Gasteiger partial charge is 0.220 e. The van der Waals surface area contributed by atoms with Crippen molar-refractivity contribution >= 4 is 17.5 Å². The lowest BCUT2D eigenvalue weighted by molar-refractivity contribution is -0.121. The van der Waals surface area contributed by atoms with Crippen LogP contribution in [0.1, 0.15) is 62.0 Å². The molecule has 3 aromatic rings. The second-order valence-corrected chi connectivity index (χ2v) is 10.2. The highest BCUT2D eigenvalue weighted by molar-refractivity contribution is 5.83. The lowest BCUT2D eigenvalue weighted by Crippen LogP contribution is -2.26. The van der Waals surface area contributed by atoms with Gasteiger partial charge in [0.15, 0.2) is 11.5 Å². The van der Waals surface area contributed by atoms with Crippen molar-refractivity contribution in [2.45, 2.75) is 58.0 Å². The van der Waals surface area contributed by atoms with E-state index in [1.807, 2.05) is 18.2 Å². The highest BCUT2D eigenvalue weighted by atomic mass is 16.5. The number of rotatable bonds is 13. The molecule has 224 valence electrons. The fraction of sp³-hybridized carbons (Fsp3) is 0.406. The molecule has 1 heterocycles. The van der Waals surface area contributed by atoms with Crippen LogP contribution in [0.2, 0.25) is 0 Å². The first-order chi connectivity index (χ1) is 20.4. The van der Waals surface area contributed by atoms with Crippen molar-refractivity contribution in [1.82, 2.24) is 10.6 Å². The van der Waals surface area contributed by atoms with E-state index >= 15 is 0 Å². The summed E-state index contributed by atoms with van der Waals surface area (Å²) in [5.74, 6) is 2.05. The van der Waals surface area contributed by atoms with E-state index in [1.54, 1.807) is 45.8 Å². The van der Waals surface area contributed by atoms with Gasteiger partial charge in [0.05, 0.1) is 45.9 Å². The van der Waals surface area contributed by atoms with Gasteiger partial charge < -0.3 is 34.6 Å². The molecule has 0 unspecified atom stereocenters. The SMILES string of the molecule is COc1cc2c(c(OC)c1OC)-c1ccc(NCCCCCC(=O)NCc3ccco3)c(=O)cc1[C@H](NC(C)=O)CC2. The third-order valence-electron chi connectivity index (χ3n) is 7.35. The molecule has 0 radical (unpaired) electrons. The van der Waals surface area contributed by atoms with Crippen LogP contribution >= 0.6 is 0 Å².